The zero-order valence-electron chi connectivity index (χ0n) is 20.1. The fraction of sp³-hybridized carbons (Fsp3) is 0.909. The highest BCUT2D eigenvalue weighted by Gasteiger charge is 2.61. The van der Waals surface area contributed by atoms with E-state index in [-0.39, 0.29) is 13.2 Å². The van der Waals surface area contributed by atoms with Crippen LogP contribution in [0.25, 0.3) is 0 Å². The van der Waals surface area contributed by atoms with E-state index in [2.05, 4.69) is 0 Å². The summed E-state index contributed by atoms with van der Waals surface area (Å²) >= 11 is 0. The van der Waals surface area contributed by atoms with Crippen LogP contribution >= 0.6 is 0 Å². The van der Waals surface area contributed by atoms with Gasteiger partial charge in [0.25, 0.3) is 0 Å². The van der Waals surface area contributed by atoms with E-state index >= 15 is 0 Å². The standard InChI is InChI=1S/C22H32O12/c1-9(23)27-13-11-7-25-15(13)17(28-10(2)24)19(29-11)26-8-12-14-16(32-21(3,4)31-14)18-20(30-12)34-22(5,6)33-18/h11-20H,7-8H2,1-6H3/t11-,12-,13+,14+,15+,16+,17-,18-,19-,20-/m1/s1. The molecule has 0 saturated carbocycles. The maximum Gasteiger partial charge on any atom is 0.303 e. The number of fused-ring (bicyclic) bond motifs is 5. The van der Waals surface area contributed by atoms with E-state index in [4.69, 9.17) is 47.4 Å². The first-order chi connectivity index (χ1) is 15.9. The molecule has 5 rings (SSSR count). The second-order valence-electron chi connectivity index (χ2n) is 10.0. The predicted octanol–water partition coefficient (Wildman–Crippen LogP) is 0.387. The van der Waals surface area contributed by atoms with Crippen LogP contribution < -0.4 is 0 Å². The summed E-state index contributed by atoms with van der Waals surface area (Å²) < 4.78 is 58.9. The molecule has 34 heavy (non-hydrogen) atoms. The van der Waals surface area contributed by atoms with Crippen LogP contribution in [-0.2, 0) is 57.0 Å². The van der Waals surface area contributed by atoms with Gasteiger partial charge in [-0.15, -0.1) is 0 Å². The van der Waals surface area contributed by atoms with Crippen molar-refractivity contribution in [3.05, 3.63) is 0 Å². The van der Waals surface area contributed by atoms with Crippen LogP contribution in [0.2, 0.25) is 0 Å². The molecule has 0 aromatic rings. The topological polar surface area (TPSA) is 126 Å². The van der Waals surface area contributed by atoms with E-state index in [1.165, 1.54) is 13.8 Å². The summed E-state index contributed by atoms with van der Waals surface area (Å²) in [6, 6.07) is 0. The van der Waals surface area contributed by atoms with Gasteiger partial charge in [0, 0.05) is 13.8 Å². The Hall–Kier alpha value is -1.38. The van der Waals surface area contributed by atoms with Gasteiger partial charge in [0.2, 0.25) is 0 Å². The van der Waals surface area contributed by atoms with Gasteiger partial charge in [-0.3, -0.25) is 9.59 Å². The molecule has 0 N–H and O–H groups in total. The molecule has 5 aliphatic heterocycles. The highest BCUT2D eigenvalue weighted by atomic mass is 16.9. The highest BCUT2D eigenvalue weighted by molar-refractivity contribution is 5.67. The smallest absolute Gasteiger partial charge is 0.303 e. The van der Waals surface area contributed by atoms with E-state index in [0.717, 1.165) is 0 Å². The third kappa shape index (κ3) is 4.58. The normalized spacial score (nSPS) is 45.9. The number of ether oxygens (including phenoxy) is 10. The van der Waals surface area contributed by atoms with E-state index in [0.29, 0.717) is 0 Å². The van der Waals surface area contributed by atoms with Crippen LogP contribution in [-0.4, -0.2) is 98.1 Å². The molecule has 5 heterocycles. The Morgan fingerprint density at radius 2 is 1.41 bits per heavy atom. The minimum atomic E-state index is -0.958. The quantitative estimate of drug-likeness (QED) is 0.497. The molecule has 0 aliphatic carbocycles. The molecule has 12 nitrogen and oxygen atoms in total. The van der Waals surface area contributed by atoms with E-state index in [1.54, 1.807) is 0 Å². The Morgan fingerprint density at radius 3 is 2.12 bits per heavy atom. The molecule has 0 radical (unpaired) electrons. The van der Waals surface area contributed by atoms with Crippen LogP contribution in [0, 0.1) is 0 Å². The van der Waals surface area contributed by atoms with Gasteiger partial charge >= 0.3 is 11.9 Å². The molecule has 0 aromatic carbocycles. The maximum atomic E-state index is 11.8. The van der Waals surface area contributed by atoms with Crippen molar-refractivity contribution in [2.24, 2.45) is 0 Å². The average Bonchev–Trinajstić information content (AvgIpc) is 3.30. The van der Waals surface area contributed by atoms with Gasteiger partial charge in [-0.05, 0) is 27.7 Å². The lowest BCUT2D eigenvalue weighted by Crippen LogP contribution is -2.59. The Labute approximate surface area is 197 Å². The number of carbonyl (C=O) groups excluding carboxylic acids is 2. The van der Waals surface area contributed by atoms with Crippen LogP contribution in [0.5, 0.6) is 0 Å². The Kier molecular flexibility index (Phi) is 6.17. The second kappa shape index (κ2) is 8.63. The molecule has 5 saturated heterocycles. The highest BCUT2D eigenvalue weighted by Crippen LogP contribution is 2.44. The monoisotopic (exact) mass is 488 g/mol. The molecule has 2 bridgehead atoms. The Morgan fingerprint density at radius 1 is 0.794 bits per heavy atom. The van der Waals surface area contributed by atoms with E-state index in [9.17, 15) is 9.59 Å². The van der Waals surface area contributed by atoms with Crippen molar-refractivity contribution in [1.29, 1.82) is 0 Å². The van der Waals surface area contributed by atoms with Crippen molar-refractivity contribution in [3.8, 4) is 0 Å². The lowest BCUT2D eigenvalue weighted by atomic mass is 9.99. The van der Waals surface area contributed by atoms with Crippen molar-refractivity contribution < 1.29 is 57.0 Å². The predicted molar refractivity (Wildman–Crippen MR) is 108 cm³/mol. The SMILES string of the molecule is CC(=O)O[C@@H]1[C@@H]2OC[C@H]1O[C@@H](OC[C@H]1O[C@@H]3OC(C)(C)O[C@@H]3[C@H]3OC(C)(C)O[C@H]31)[C@@H]2OC(C)=O. The maximum absolute atomic E-state index is 11.8. The lowest BCUT2D eigenvalue weighted by Gasteiger charge is -2.40. The van der Waals surface area contributed by atoms with Crippen molar-refractivity contribution in [2.45, 2.75) is 115 Å². The zero-order valence-corrected chi connectivity index (χ0v) is 20.1. The molecule has 0 unspecified atom stereocenters. The van der Waals surface area contributed by atoms with Crippen LogP contribution in [0.4, 0.5) is 0 Å². The molecule has 0 amide bonds. The molecule has 5 fully saturated rings. The summed E-state index contributed by atoms with van der Waals surface area (Å²) in [5.41, 5.74) is 0. The van der Waals surface area contributed by atoms with Gasteiger partial charge < -0.3 is 47.4 Å². The van der Waals surface area contributed by atoms with Crippen LogP contribution in [0.15, 0.2) is 0 Å². The summed E-state index contributed by atoms with van der Waals surface area (Å²) in [6.07, 6.45) is -6.44. The number of hydrogen-bond donors (Lipinski definition) is 0. The zero-order chi connectivity index (χ0) is 24.4. The van der Waals surface area contributed by atoms with Crippen LogP contribution in [0.1, 0.15) is 41.5 Å². The van der Waals surface area contributed by atoms with Gasteiger partial charge in [0.05, 0.1) is 13.2 Å². The largest absolute Gasteiger partial charge is 0.457 e. The van der Waals surface area contributed by atoms with Crippen molar-refractivity contribution >= 4 is 11.9 Å². The molecule has 192 valence electrons. The third-order valence-electron chi connectivity index (χ3n) is 6.32. The first-order valence-corrected chi connectivity index (χ1v) is 11.5. The van der Waals surface area contributed by atoms with Gasteiger partial charge in [-0.2, -0.15) is 0 Å². The summed E-state index contributed by atoms with van der Waals surface area (Å²) in [6.45, 7) is 10.1. The van der Waals surface area contributed by atoms with Gasteiger partial charge in [-0.1, -0.05) is 0 Å². The van der Waals surface area contributed by atoms with Crippen molar-refractivity contribution in [2.75, 3.05) is 13.2 Å². The fourth-order valence-electron chi connectivity index (χ4n) is 5.21. The average molecular weight is 488 g/mol. The van der Waals surface area contributed by atoms with E-state index in [1.807, 2.05) is 27.7 Å². The number of rotatable bonds is 5. The molecule has 0 aromatic heterocycles. The summed E-state index contributed by atoms with van der Waals surface area (Å²) in [7, 11) is 0. The summed E-state index contributed by atoms with van der Waals surface area (Å²) in [5.74, 6) is -2.69. The fourth-order valence-corrected chi connectivity index (χ4v) is 5.21. The Balaban J connectivity index is 1.30. The van der Waals surface area contributed by atoms with Crippen molar-refractivity contribution in [3.63, 3.8) is 0 Å². The number of carbonyl (C=O) groups is 2. The minimum Gasteiger partial charge on any atom is -0.457 e. The van der Waals surface area contributed by atoms with Gasteiger partial charge in [0.15, 0.2) is 36.4 Å². The van der Waals surface area contributed by atoms with Crippen LogP contribution in [0.3, 0.4) is 0 Å². The molecule has 10 atom stereocenters. The summed E-state index contributed by atoms with van der Waals surface area (Å²) in [4.78, 5) is 23.3. The first kappa shape index (κ1) is 24.3. The first-order valence-electron chi connectivity index (χ1n) is 11.5. The minimum absolute atomic E-state index is 0.0354. The molecular formula is C22H32O12. The lowest BCUT2D eigenvalue weighted by molar-refractivity contribution is -0.293. The molecule has 12 heteroatoms. The van der Waals surface area contributed by atoms with Gasteiger partial charge in [0.1, 0.15) is 36.6 Å². The summed E-state index contributed by atoms with van der Waals surface area (Å²) in [5, 5.41) is 0. The molecular weight excluding hydrogens is 456 g/mol. The van der Waals surface area contributed by atoms with E-state index < -0.39 is 84.9 Å². The second-order valence-corrected chi connectivity index (χ2v) is 10.0. The van der Waals surface area contributed by atoms with Gasteiger partial charge in [-0.25, -0.2) is 0 Å². The Bertz CT molecular complexity index is 814. The molecule has 5 aliphatic rings. The van der Waals surface area contributed by atoms with Crippen molar-refractivity contribution in [1.82, 2.24) is 0 Å². The number of hydrogen-bond acceptors (Lipinski definition) is 12. The molecule has 0 spiro atoms. The number of esters is 2. The third-order valence-corrected chi connectivity index (χ3v) is 6.32.